The lowest BCUT2D eigenvalue weighted by Gasteiger charge is -2.08. The molecule has 0 unspecified atom stereocenters. The molecule has 102 valence electrons. The Morgan fingerprint density at radius 3 is 2.95 bits per heavy atom. The number of ether oxygens (including phenoxy) is 1. The van der Waals surface area contributed by atoms with Crippen LogP contribution in [-0.4, -0.2) is 17.3 Å². The van der Waals surface area contributed by atoms with Crippen LogP contribution in [-0.2, 0) is 5.75 Å². The zero-order chi connectivity index (χ0) is 13.7. The van der Waals surface area contributed by atoms with Crippen molar-refractivity contribution in [3.8, 4) is 5.75 Å². The predicted octanol–water partition coefficient (Wildman–Crippen LogP) is 4.86. The maximum absolute atomic E-state index is 5.77. The lowest BCUT2D eigenvalue weighted by atomic mass is 10.3. The Morgan fingerprint density at radius 1 is 1.37 bits per heavy atom. The van der Waals surface area contributed by atoms with Crippen LogP contribution in [0.4, 0.5) is 0 Å². The molecule has 0 amide bonds. The van der Waals surface area contributed by atoms with Gasteiger partial charge in [-0.1, -0.05) is 6.07 Å². The largest absolute Gasteiger partial charge is 0.492 e. The van der Waals surface area contributed by atoms with Crippen molar-refractivity contribution in [3.05, 3.63) is 42.1 Å². The highest BCUT2D eigenvalue weighted by Crippen LogP contribution is 2.25. The summed E-state index contributed by atoms with van der Waals surface area (Å²) in [4.78, 5) is 3.28. The molecular weight excluding hydrogens is 508 g/mol. The first kappa shape index (κ1) is 15.6. The fraction of sp³-hybridized carbons (Fsp3) is 0.250. The van der Waals surface area contributed by atoms with Crippen LogP contribution in [0, 0.1) is 12.0 Å². The Kier molecular flexibility index (Phi) is 6.50. The summed E-state index contributed by atoms with van der Waals surface area (Å²) in [7, 11) is 0. The summed E-state index contributed by atoms with van der Waals surface area (Å²) in [6.07, 6.45) is 1.80. The van der Waals surface area contributed by atoms with Crippen molar-refractivity contribution >= 4 is 69.2 Å². The standard InChI is InChI=1S/C12H11I2NO2S2/c13-9-2-1-3-10(11(9)14)16-4-5-19-7-8-6-15-12(18)17-8/h1-3,6H,4-5,7H2,(H,15,18). The van der Waals surface area contributed by atoms with E-state index in [4.69, 9.17) is 21.4 Å². The highest BCUT2D eigenvalue weighted by molar-refractivity contribution is 14.1. The Bertz CT molecular complexity index is 597. The normalized spacial score (nSPS) is 10.6. The van der Waals surface area contributed by atoms with E-state index in [1.54, 1.807) is 18.0 Å². The van der Waals surface area contributed by atoms with E-state index in [0.29, 0.717) is 11.4 Å². The Balaban J connectivity index is 1.72. The molecule has 0 radical (unpaired) electrons. The summed E-state index contributed by atoms with van der Waals surface area (Å²) in [5.74, 6) is 3.54. The summed E-state index contributed by atoms with van der Waals surface area (Å²) in [5, 5.41) is 0. The van der Waals surface area contributed by atoms with Gasteiger partial charge in [0.1, 0.15) is 11.5 Å². The maximum atomic E-state index is 5.77. The lowest BCUT2D eigenvalue weighted by Crippen LogP contribution is -2.02. The van der Waals surface area contributed by atoms with Crippen LogP contribution >= 0.6 is 69.2 Å². The molecule has 3 nitrogen and oxygen atoms in total. The minimum absolute atomic E-state index is 0.431. The van der Waals surface area contributed by atoms with Crippen LogP contribution in [0.2, 0.25) is 0 Å². The molecule has 7 heteroatoms. The molecule has 0 saturated heterocycles. The van der Waals surface area contributed by atoms with E-state index < -0.39 is 0 Å². The van der Waals surface area contributed by atoms with Crippen LogP contribution in [0.5, 0.6) is 5.75 Å². The quantitative estimate of drug-likeness (QED) is 0.337. The van der Waals surface area contributed by atoms with Crippen molar-refractivity contribution in [1.29, 1.82) is 0 Å². The third-order valence-corrected chi connectivity index (χ3v) is 6.41. The summed E-state index contributed by atoms with van der Waals surface area (Å²) >= 11 is 11.2. The number of nitrogens with one attached hydrogen (secondary N) is 1. The van der Waals surface area contributed by atoms with Gasteiger partial charge in [-0.15, -0.1) is 0 Å². The van der Waals surface area contributed by atoms with Gasteiger partial charge in [0.05, 0.1) is 15.9 Å². The number of aromatic nitrogens is 1. The number of hydrogen-bond acceptors (Lipinski definition) is 4. The van der Waals surface area contributed by atoms with Crippen LogP contribution in [0.15, 0.2) is 28.8 Å². The van der Waals surface area contributed by atoms with Crippen molar-refractivity contribution < 1.29 is 9.15 Å². The Hall–Kier alpha value is 0.260. The molecule has 0 saturated carbocycles. The average molecular weight is 519 g/mol. The van der Waals surface area contributed by atoms with Gasteiger partial charge in [0.15, 0.2) is 0 Å². The van der Waals surface area contributed by atoms with E-state index in [-0.39, 0.29) is 0 Å². The zero-order valence-electron chi connectivity index (χ0n) is 9.82. The topological polar surface area (TPSA) is 38.2 Å². The maximum Gasteiger partial charge on any atom is 0.266 e. The predicted molar refractivity (Wildman–Crippen MR) is 97.4 cm³/mol. The second-order valence-electron chi connectivity index (χ2n) is 3.60. The fourth-order valence-corrected chi connectivity index (χ4v) is 3.21. The van der Waals surface area contributed by atoms with E-state index in [9.17, 15) is 0 Å². The van der Waals surface area contributed by atoms with E-state index in [0.717, 1.165) is 23.0 Å². The van der Waals surface area contributed by atoms with Crippen molar-refractivity contribution in [2.75, 3.05) is 12.4 Å². The first-order valence-electron chi connectivity index (χ1n) is 5.49. The van der Waals surface area contributed by atoms with Crippen molar-refractivity contribution in [2.45, 2.75) is 5.75 Å². The summed E-state index contributed by atoms with van der Waals surface area (Å²) in [6.45, 7) is 0.686. The molecule has 0 aliphatic carbocycles. The molecule has 0 aliphatic rings. The second-order valence-corrected chi connectivity index (χ2v) is 7.31. The van der Waals surface area contributed by atoms with Crippen LogP contribution < -0.4 is 4.74 Å². The van der Waals surface area contributed by atoms with E-state index in [1.807, 2.05) is 12.1 Å². The molecule has 0 atom stereocenters. The zero-order valence-corrected chi connectivity index (χ0v) is 15.8. The molecule has 2 aromatic rings. The summed E-state index contributed by atoms with van der Waals surface area (Å²) in [6, 6.07) is 6.08. The number of hydrogen-bond donors (Lipinski definition) is 1. The molecule has 1 aromatic heterocycles. The molecule has 19 heavy (non-hydrogen) atoms. The molecule has 0 bridgehead atoms. The van der Waals surface area contributed by atoms with Crippen molar-refractivity contribution in [2.24, 2.45) is 0 Å². The second kappa shape index (κ2) is 7.89. The molecular formula is C12H11I2NO2S2. The number of rotatable bonds is 6. The molecule has 1 N–H and O–H groups in total. The number of benzene rings is 1. The minimum atomic E-state index is 0.431. The average Bonchev–Trinajstić information content (AvgIpc) is 2.80. The van der Waals surface area contributed by atoms with Gasteiger partial charge in [-0.2, -0.15) is 11.8 Å². The van der Waals surface area contributed by atoms with E-state index in [2.05, 4.69) is 56.2 Å². The Morgan fingerprint density at radius 2 is 2.21 bits per heavy atom. The van der Waals surface area contributed by atoms with Crippen LogP contribution in [0.3, 0.4) is 0 Å². The van der Waals surface area contributed by atoms with Gasteiger partial charge in [-0.3, -0.25) is 0 Å². The molecule has 1 heterocycles. The highest BCUT2D eigenvalue weighted by atomic mass is 127. The first-order valence-corrected chi connectivity index (χ1v) is 9.21. The number of halogens is 2. The van der Waals surface area contributed by atoms with Crippen LogP contribution in [0.1, 0.15) is 5.76 Å². The van der Waals surface area contributed by atoms with Gasteiger partial charge in [0.25, 0.3) is 4.84 Å². The van der Waals surface area contributed by atoms with Gasteiger partial charge in [-0.25, -0.2) is 0 Å². The first-order chi connectivity index (χ1) is 9.16. The smallest absolute Gasteiger partial charge is 0.266 e. The number of oxazole rings is 1. The number of thioether (sulfide) groups is 1. The highest BCUT2D eigenvalue weighted by Gasteiger charge is 2.04. The molecule has 0 spiro atoms. The fourth-order valence-electron chi connectivity index (χ4n) is 1.37. The minimum Gasteiger partial charge on any atom is -0.492 e. The van der Waals surface area contributed by atoms with Crippen molar-refractivity contribution in [1.82, 2.24) is 4.98 Å². The van der Waals surface area contributed by atoms with E-state index >= 15 is 0 Å². The summed E-state index contributed by atoms with van der Waals surface area (Å²) in [5.41, 5.74) is 0. The molecule has 2 rings (SSSR count). The van der Waals surface area contributed by atoms with Gasteiger partial charge in [-0.05, 0) is 69.5 Å². The molecule has 0 fully saturated rings. The van der Waals surface area contributed by atoms with E-state index in [1.165, 1.54) is 7.14 Å². The third-order valence-electron chi connectivity index (χ3n) is 2.22. The van der Waals surface area contributed by atoms with Gasteiger partial charge in [0.2, 0.25) is 0 Å². The SMILES string of the molecule is S=c1[nH]cc(CSCCOc2cccc(I)c2I)o1. The molecule has 0 aliphatic heterocycles. The number of aromatic amines is 1. The third kappa shape index (κ3) is 4.94. The Labute approximate surface area is 148 Å². The monoisotopic (exact) mass is 519 g/mol. The van der Waals surface area contributed by atoms with Gasteiger partial charge >= 0.3 is 0 Å². The molecule has 1 aromatic carbocycles. The van der Waals surface area contributed by atoms with Gasteiger partial charge in [0, 0.05) is 15.5 Å². The van der Waals surface area contributed by atoms with Crippen LogP contribution in [0.25, 0.3) is 0 Å². The summed E-state index contributed by atoms with van der Waals surface area (Å²) < 4.78 is 13.4. The number of H-pyrrole nitrogens is 1. The van der Waals surface area contributed by atoms with Crippen molar-refractivity contribution in [3.63, 3.8) is 0 Å². The van der Waals surface area contributed by atoms with Gasteiger partial charge < -0.3 is 14.1 Å². The lowest BCUT2D eigenvalue weighted by molar-refractivity contribution is 0.341.